The number of anilines is 1. The quantitative estimate of drug-likeness (QED) is 0.633. The fourth-order valence-electron chi connectivity index (χ4n) is 4.81. The third-order valence-electron chi connectivity index (χ3n) is 6.17. The second kappa shape index (κ2) is 8.29. The smallest absolute Gasteiger partial charge is 0.292 e. The van der Waals surface area contributed by atoms with Crippen LogP contribution in [0.2, 0.25) is 0 Å². The van der Waals surface area contributed by atoms with E-state index in [0.29, 0.717) is 17.6 Å². The first kappa shape index (κ1) is 18.9. The number of hydrogen-bond acceptors (Lipinski definition) is 5. The normalized spacial score (nSPS) is 22.7. The highest BCUT2D eigenvalue weighted by molar-refractivity contribution is 5.65. The molecule has 148 valence electrons. The molecule has 0 saturated carbocycles. The first-order valence-corrected chi connectivity index (χ1v) is 10.1. The van der Waals surface area contributed by atoms with Crippen molar-refractivity contribution < 1.29 is 10.0 Å². The van der Waals surface area contributed by atoms with Crippen molar-refractivity contribution >= 4 is 11.4 Å². The molecule has 0 bridgehead atoms. The van der Waals surface area contributed by atoms with E-state index in [9.17, 15) is 15.2 Å². The van der Waals surface area contributed by atoms with Crippen LogP contribution in [0.5, 0.6) is 0 Å². The first-order chi connectivity index (χ1) is 13.7. The van der Waals surface area contributed by atoms with Crippen LogP contribution in [0, 0.1) is 16.0 Å². The van der Waals surface area contributed by atoms with Crippen molar-refractivity contribution in [3.05, 3.63) is 69.8 Å². The molecule has 2 saturated heterocycles. The van der Waals surface area contributed by atoms with Gasteiger partial charge in [-0.05, 0) is 55.0 Å². The Morgan fingerprint density at radius 1 is 1.07 bits per heavy atom. The number of rotatable bonds is 5. The summed E-state index contributed by atoms with van der Waals surface area (Å²) in [5.74, 6) is 0.517. The lowest BCUT2D eigenvalue weighted by Crippen LogP contribution is -2.53. The van der Waals surface area contributed by atoms with E-state index >= 15 is 0 Å². The van der Waals surface area contributed by atoms with Gasteiger partial charge in [-0.1, -0.05) is 30.3 Å². The summed E-state index contributed by atoms with van der Waals surface area (Å²) in [6.07, 6.45) is 3.35. The second-order valence-electron chi connectivity index (χ2n) is 7.90. The van der Waals surface area contributed by atoms with Crippen LogP contribution in [0.4, 0.5) is 11.4 Å². The van der Waals surface area contributed by atoms with Gasteiger partial charge in [0.1, 0.15) is 5.69 Å². The van der Waals surface area contributed by atoms with Gasteiger partial charge in [0.25, 0.3) is 5.69 Å². The zero-order valence-corrected chi connectivity index (χ0v) is 16.0. The average molecular weight is 381 g/mol. The molecule has 28 heavy (non-hydrogen) atoms. The van der Waals surface area contributed by atoms with E-state index in [0.717, 1.165) is 38.2 Å². The van der Waals surface area contributed by atoms with E-state index in [1.807, 2.05) is 6.07 Å². The Balaban J connectivity index is 1.52. The van der Waals surface area contributed by atoms with E-state index in [4.69, 9.17) is 0 Å². The van der Waals surface area contributed by atoms with Crippen LogP contribution >= 0.6 is 0 Å². The maximum absolute atomic E-state index is 11.5. The van der Waals surface area contributed by atoms with Gasteiger partial charge >= 0.3 is 0 Å². The predicted octanol–water partition coefficient (Wildman–Crippen LogP) is 3.58. The van der Waals surface area contributed by atoms with Crippen molar-refractivity contribution in [2.24, 2.45) is 5.92 Å². The minimum absolute atomic E-state index is 0.101. The van der Waals surface area contributed by atoms with Crippen molar-refractivity contribution in [1.29, 1.82) is 0 Å². The molecule has 2 aliphatic rings. The van der Waals surface area contributed by atoms with Gasteiger partial charge in [-0.15, -0.1) is 0 Å². The lowest BCUT2D eigenvalue weighted by molar-refractivity contribution is -0.384. The largest absolute Gasteiger partial charge is 0.392 e. The van der Waals surface area contributed by atoms with Crippen LogP contribution in [0.25, 0.3) is 0 Å². The molecule has 6 nitrogen and oxygen atoms in total. The summed E-state index contributed by atoms with van der Waals surface area (Å²) < 4.78 is 0. The minimum Gasteiger partial charge on any atom is -0.392 e. The van der Waals surface area contributed by atoms with Crippen LogP contribution < -0.4 is 4.90 Å². The Morgan fingerprint density at radius 2 is 1.89 bits per heavy atom. The molecular formula is C22H27N3O3. The lowest BCUT2D eigenvalue weighted by atomic mass is 9.83. The van der Waals surface area contributed by atoms with Crippen molar-refractivity contribution in [1.82, 2.24) is 4.90 Å². The average Bonchev–Trinajstić information content (AvgIpc) is 2.74. The second-order valence-corrected chi connectivity index (χ2v) is 7.90. The molecule has 6 heteroatoms. The molecule has 0 aliphatic carbocycles. The van der Waals surface area contributed by atoms with Gasteiger partial charge in [0.05, 0.1) is 11.5 Å². The predicted molar refractivity (Wildman–Crippen MR) is 109 cm³/mol. The molecule has 0 radical (unpaired) electrons. The Hall–Kier alpha value is -2.44. The molecule has 2 aliphatic heterocycles. The van der Waals surface area contributed by atoms with Gasteiger partial charge in [-0.3, -0.25) is 15.0 Å². The van der Waals surface area contributed by atoms with E-state index < -0.39 is 0 Å². The number of nitrogens with zero attached hydrogens (tertiary/aromatic N) is 3. The summed E-state index contributed by atoms with van der Waals surface area (Å²) >= 11 is 0. The fourth-order valence-corrected chi connectivity index (χ4v) is 4.81. The van der Waals surface area contributed by atoms with Gasteiger partial charge < -0.3 is 10.0 Å². The summed E-state index contributed by atoms with van der Waals surface area (Å²) in [6.45, 7) is 3.64. The van der Waals surface area contributed by atoms with Gasteiger partial charge in [0.2, 0.25) is 0 Å². The monoisotopic (exact) mass is 381 g/mol. The zero-order chi connectivity index (χ0) is 19.5. The van der Waals surface area contributed by atoms with Crippen molar-refractivity contribution in [3.63, 3.8) is 0 Å². The molecule has 2 fully saturated rings. The van der Waals surface area contributed by atoms with Gasteiger partial charge in [-0.2, -0.15) is 0 Å². The molecule has 2 aromatic carbocycles. The number of benzene rings is 2. The number of piperidine rings is 2. The molecule has 1 N–H and O–H groups in total. The number of aliphatic hydroxyl groups is 1. The zero-order valence-electron chi connectivity index (χ0n) is 16.0. The summed E-state index contributed by atoms with van der Waals surface area (Å²) in [5, 5.41) is 21.0. The van der Waals surface area contributed by atoms with Crippen LogP contribution in [0.15, 0.2) is 48.5 Å². The Labute approximate surface area is 165 Å². The molecule has 0 aromatic heterocycles. The van der Waals surface area contributed by atoms with Crippen molar-refractivity contribution in [3.8, 4) is 0 Å². The number of aliphatic hydroxyl groups excluding tert-OH is 1. The summed E-state index contributed by atoms with van der Waals surface area (Å²) in [4.78, 5) is 15.9. The van der Waals surface area contributed by atoms with Gasteiger partial charge in [0, 0.05) is 31.7 Å². The molecule has 2 unspecified atom stereocenters. The number of nitro benzene ring substituents is 1. The maximum atomic E-state index is 11.5. The third kappa shape index (κ3) is 3.88. The Kier molecular flexibility index (Phi) is 5.59. The molecule has 2 atom stereocenters. The first-order valence-electron chi connectivity index (χ1n) is 10.1. The van der Waals surface area contributed by atoms with E-state index in [2.05, 4.69) is 34.1 Å². The summed E-state index contributed by atoms with van der Waals surface area (Å²) in [5.41, 5.74) is 2.84. The van der Waals surface area contributed by atoms with Crippen molar-refractivity contribution in [2.75, 3.05) is 24.5 Å². The minimum atomic E-state index is -0.314. The topological polar surface area (TPSA) is 69.8 Å². The van der Waals surface area contributed by atoms with E-state index in [-0.39, 0.29) is 17.2 Å². The van der Waals surface area contributed by atoms with Crippen LogP contribution in [-0.4, -0.2) is 40.6 Å². The Morgan fingerprint density at radius 3 is 2.64 bits per heavy atom. The third-order valence-corrected chi connectivity index (χ3v) is 6.17. The van der Waals surface area contributed by atoms with E-state index in [1.165, 1.54) is 24.5 Å². The molecule has 0 amide bonds. The highest BCUT2D eigenvalue weighted by atomic mass is 16.6. The summed E-state index contributed by atoms with van der Waals surface area (Å²) in [7, 11) is 0. The number of hydrogen-bond donors (Lipinski definition) is 1. The SMILES string of the molecule is O=[N+]([O-])c1ccc(CO)cc1N1CCC2C(CCCN2Cc2ccccc2)C1. The molecule has 0 spiro atoms. The molecule has 4 rings (SSSR count). The molecule has 2 heterocycles. The van der Waals surface area contributed by atoms with Crippen LogP contribution in [0.3, 0.4) is 0 Å². The molecule has 2 aromatic rings. The molecular weight excluding hydrogens is 354 g/mol. The Bertz CT molecular complexity index is 827. The standard InChI is InChI=1S/C22H27N3O3/c26-16-18-8-9-21(25(27)28)22(13-18)24-12-10-20-19(15-24)7-4-11-23(20)14-17-5-2-1-3-6-17/h1-3,5-6,8-9,13,19-20,26H,4,7,10-12,14-16H2. The lowest BCUT2D eigenvalue weighted by Gasteiger charge is -2.47. The summed E-state index contributed by atoms with van der Waals surface area (Å²) in [6, 6.07) is 16.1. The number of fused-ring (bicyclic) bond motifs is 1. The van der Waals surface area contributed by atoms with Gasteiger partial charge in [0.15, 0.2) is 0 Å². The highest BCUT2D eigenvalue weighted by Crippen LogP contribution is 2.37. The number of likely N-dealkylation sites (tertiary alicyclic amines) is 1. The maximum Gasteiger partial charge on any atom is 0.292 e. The van der Waals surface area contributed by atoms with Crippen molar-refractivity contribution in [2.45, 2.75) is 38.5 Å². The van der Waals surface area contributed by atoms with Gasteiger partial charge in [-0.25, -0.2) is 0 Å². The van der Waals surface area contributed by atoms with Crippen LogP contribution in [0.1, 0.15) is 30.4 Å². The number of nitro groups is 1. The van der Waals surface area contributed by atoms with E-state index in [1.54, 1.807) is 12.1 Å². The highest BCUT2D eigenvalue weighted by Gasteiger charge is 2.37. The fraction of sp³-hybridized carbons (Fsp3) is 0.455. The van der Waals surface area contributed by atoms with Crippen LogP contribution in [-0.2, 0) is 13.2 Å².